The van der Waals surface area contributed by atoms with Gasteiger partial charge in [0.2, 0.25) is 0 Å². The number of nitrogens with zero attached hydrogens (tertiary/aromatic N) is 1. The zero-order valence-corrected chi connectivity index (χ0v) is 12.9. The molecule has 0 bridgehead atoms. The maximum Gasteiger partial charge on any atom is 0.335 e. The minimum atomic E-state index is -0.892. The summed E-state index contributed by atoms with van der Waals surface area (Å²) in [6.07, 6.45) is 3.55. The van der Waals surface area contributed by atoms with E-state index in [0.717, 1.165) is 35.0 Å². The largest absolute Gasteiger partial charge is 0.478 e. The molecule has 0 amide bonds. The summed E-state index contributed by atoms with van der Waals surface area (Å²) < 4.78 is 2.18. The van der Waals surface area contributed by atoms with E-state index in [1.54, 1.807) is 12.1 Å². The Morgan fingerprint density at radius 3 is 2.57 bits per heavy atom. The summed E-state index contributed by atoms with van der Waals surface area (Å²) in [6.45, 7) is 7.25. The lowest BCUT2D eigenvalue weighted by molar-refractivity contribution is 0.0697. The molecular weight excluding hydrogens is 266 g/mol. The Kier molecular flexibility index (Phi) is 4.68. The summed E-state index contributed by atoms with van der Waals surface area (Å²) >= 11 is 0. The maximum absolute atomic E-state index is 11.4. The molecule has 0 atom stereocenters. The number of hydrogen-bond donors (Lipinski definition) is 2. The van der Waals surface area contributed by atoms with Crippen LogP contribution in [0.25, 0.3) is 10.9 Å². The third-order valence-electron chi connectivity index (χ3n) is 3.90. The van der Waals surface area contributed by atoms with Crippen molar-refractivity contribution in [2.75, 3.05) is 6.61 Å². The van der Waals surface area contributed by atoms with Gasteiger partial charge in [-0.1, -0.05) is 13.8 Å². The Morgan fingerprint density at radius 1 is 1.33 bits per heavy atom. The molecule has 1 aromatic heterocycles. The minimum absolute atomic E-state index is 0.147. The van der Waals surface area contributed by atoms with Gasteiger partial charge in [0.1, 0.15) is 0 Å². The van der Waals surface area contributed by atoms with Gasteiger partial charge in [0.25, 0.3) is 0 Å². The van der Waals surface area contributed by atoms with Crippen LogP contribution in [-0.2, 0) is 13.0 Å². The lowest BCUT2D eigenvalue weighted by atomic mass is 9.95. The van der Waals surface area contributed by atoms with Crippen LogP contribution in [0.2, 0.25) is 0 Å². The van der Waals surface area contributed by atoms with Gasteiger partial charge in [-0.25, -0.2) is 4.79 Å². The molecule has 1 heterocycles. The second-order valence-corrected chi connectivity index (χ2v) is 5.69. The van der Waals surface area contributed by atoms with Crippen LogP contribution in [0.1, 0.15) is 54.6 Å². The molecule has 0 saturated carbocycles. The number of carbonyl (C=O) groups is 1. The van der Waals surface area contributed by atoms with E-state index in [2.05, 4.69) is 31.5 Å². The van der Waals surface area contributed by atoms with Gasteiger partial charge < -0.3 is 14.8 Å². The van der Waals surface area contributed by atoms with Gasteiger partial charge in [-0.15, -0.1) is 0 Å². The number of aromatic nitrogens is 1. The van der Waals surface area contributed by atoms with Crippen molar-refractivity contribution in [3.05, 3.63) is 35.0 Å². The maximum atomic E-state index is 11.4. The first-order valence-electron chi connectivity index (χ1n) is 7.49. The van der Waals surface area contributed by atoms with Crippen LogP contribution < -0.4 is 0 Å². The van der Waals surface area contributed by atoms with Crippen molar-refractivity contribution in [2.45, 2.75) is 46.1 Å². The first-order chi connectivity index (χ1) is 9.99. The molecule has 0 spiro atoms. The molecule has 2 aromatic rings. The van der Waals surface area contributed by atoms with E-state index in [0.29, 0.717) is 12.0 Å². The van der Waals surface area contributed by atoms with Crippen molar-refractivity contribution in [1.82, 2.24) is 4.57 Å². The van der Waals surface area contributed by atoms with E-state index < -0.39 is 5.97 Å². The molecule has 2 N–H and O–H groups in total. The monoisotopic (exact) mass is 289 g/mol. The molecule has 4 nitrogen and oxygen atoms in total. The topological polar surface area (TPSA) is 62.5 Å². The highest BCUT2D eigenvalue weighted by molar-refractivity contribution is 5.97. The number of benzene rings is 1. The Bertz CT molecular complexity index is 656. The van der Waals surface area contributed by atoms with Gasteiger partial charge in [0, 0.05) is 24.7 Å². The van der Waals surface area contributed by atoms with Gasteiger partial charge in [0.05, 0.1) is 11.1 Å². The van der Waals surface area contributed by atoms with Gasteiger partial charge in [-0.05, 0) is 48.9 Å². The van der Waals surface area contributed by atoms with Crippen LogP contribution in [-0.4, -0.2) is 27.4 Å². The minimum Gasteiger partial charge on any atom is -0.478 e. The summed E-state index contributed by atoms with van der Waals surface area (Å²) in [6, 6.07) is 3.56. The molecule has 0 unspecified atom stereocenters. The summed E-state index contributed by atoms with van der Waals surface area (Å²) in [7, 11) is 0. The average Bonchev–Trinajstić information content (AvgIpc) is 2.81. The Morgan fingerprint density at radius 2 is 2.05 bits per heavy atom. The zero-order chi connectivity index (χ0) is 15.6. The average molecular weight is 289 g/mol. The molecule has 0 fully saturated rings. The normalized spacial score (nSPS) is 11.5. The number of fused-ring (bicyclic) bond motifs is 1. The molecule has 114 valence electrons. The number of aryl methyl sites for hydroxylation is 2. The number of rotatable bonds is 6. The van der Waals surface area contributed by atoms with Gasteiger partial charge in [0.15, 0.2) is 0 Å². The third kappa shape index (κ3) is 2.95. The van der Waals surface area contributed by atoms with Crippen LogP contribution in [0.3, 0.4) is 0 Å². The lowest BCUT2D eigenvalue weighted by Crippen LogP contribution is -2.02. The third-order valence-corrected chi connectivity index (χ3v) is 3.90. The second-order valence-electron chi connectivity index (χ2n) is 5.69. The zero-order valence-electron chi connectivity index (χ0n) is 12.9. The quantitative estimate of drug-likeness (QED) is 0.856. The standard InChI is InChI=1S/C17H23NO3/c1-4-18-10-12(6-5-7-19)15-9-13(17(20)21)8-14(11(2)3)16(15)18/h8-11,19H,4-7H2,1-3H3,(H,20,21). The van der Waals surface area contributed by atoms with Crippen molar-refractivity contribution >= 4 is 16.9 Å². The first kappa shape index (κ1) is 15.6. The van der Waals surface area contributed by atoms with Crippen molar-refractivity contribution < 1.29 is 15.0 Å². The smallest absolute Gasteiger partial charge is 0.335 e. The predicted molar refractivity (Wildman–Crippen MR) is 84.1 cm³/mol. The SMILES string of the molecule is CCn1cc(CCCO)c2cc(C(=O)O)cc(C(C)C)c21. The molecule has 1 aromatic carbocycles. The summed E-state index contributed by atoms with van der Waals surface area (Å²) in [5.74, 6) is -0.631. The fourth-order valence-corrected chi connectivity index (χ4v) is 2.83. The molecular formula is C17H23NO3. The van der Waals surface area contributed by atoms with E-state index in [9.17, 15) is 9.90 Å². The number of carboxylic acid groups (broad SMARTS) is 1. The van der Waals surface area contributed by atoms with Crippen LogP contribution in [0.4, 0.5) is 0 Å². The van der Waals surface area contributed by atoms with Crippen molar-refractivity contribution in [3.63, 3.8) is 0 Å². The molecule has 0 radical (unpaired) electrons. The predicted octanol–water partition coefficient (Wildman–Crippen LogP) is 3.41. The van der Waals surface area contributed by atoms with Gasteiger partial charge >= 0.3 is 5.97 Å². The summed E-state index contributed by atoms with van der Waals surface area (Å²) in [5.41, 5.74) is 3.66. The van der Waals surface area contributed by atoms with E-state index in [4.69, 9.17) is 5.11 Å². The highest BCUT2D eigenvalue weighted by Gasteiger charge is 2.17. The first-order valence-corrected chi connectivity index (χ1v) is 7.49. The number of aliphatic hydroxyl groups excluding tert-OH is 1. The number of hydrogen-bond acceptors (Lipinski definition) is 2. The molecule has 0 aliphatic heterocycles. The Labute approximate surface area is 125 Å². The summed E-state index contributed by atoms with van der Waals surface area (Å²) in [4.78, 5) is 11.4. The number of aromatic carboxylic acids is 1. The molecule has 0 aliphatic rings. The van der Waals surface area contributed by atoms with Crippen LogP contribution in [0, 0.1) is 0 Å². The van der Waals surface area contributed by atoms with Crippen LogP contribution in [0.15, 0.2) is 18.3 Å². The number of carboxylic acids is 1. The fraction of sp³-hybridized carbons (Fsp3) is 0.471. The van der Waals surface area contributed by atoms with Crippen LogP contribution >= 0.6 is 0 Å². The highest BCUT2D eigenvalue weighted by Crippen LogP contribution is 2.31. The summed E-state index contributed by atoms with van der Waals surface area (Å²) in [5, 5.41) is 19.4. The van der Waals surface area contributed by atoms with Crippen molar-refractivity contribution in [1.29, 1.82) is 0 Å². The highest BCUT2D eigenvalue weighted by atomic mass is 16.4. The fourth-order valence-electron chi connectivity index (χ4n) is 2.83. The van der Waals surface area contributed by atoms with E-state index in [1.165, 1.54) is 0 Å². The van der Waals surface area contributed by atoms with Crippen molar-refractivity contribution in [2.24, 2.45) is 0 Å². The van der Waals surface area contributed by atoms with Crippen LogP contribution in [0.5, 0.6) is 0 Å². The molecule has 0 aliphatic carbocycles. The molecule has 21 heavy (non-hydrogen) atoms. The Balaban J connectivity index is 2.74. The Hall–Kier alpha value is -1.81. The van der Waals surface area contributed by atoms with E-state index in [1.807, 2.05) is 0 Å². The second kappa shape index (κ2) is 6.31. The molecule has 0 saturated heterocycles. The molecule has 2 rings (SSSR count). The van der Waals surface area contributed by atoms with Gasteiger partial charge in [-0.2, -0.15) is 0 Å². The van der Waals surface area contributed by atoms with Crippen molar-refractivity contribution in [3.8, 4) is 0 Å². The number of aliphatic hydroxyl groups is 1. The van der Waals surface area contributed by atoms with Gasteiger partial charge in [-0.3, -0.25) is 0 Å². The van der Waals surface area contributed by atoms with E-state index in [-0.39, 0.29) is 12.5 Å². The lowest BCUT2D eigenvalue weighted by Gasteiger charge is -2.12. The van der Waals surface area contributed by atoms with E-state index >= 15 is 0 Å². The molecule has 4 heteroatoms.